The first-order valence-corrected chi connectivity index (χ1v) is 6.03. The van der Waals surface area contributed by atoms with Crippen molar-refractivity contribution in [3.05, 3.63) is 17.5 Å². The third-order valence-corrected chi connectivity index (χ3v) is 3.90. The molecular weight excluding hydrogens is 202 g/mol. The van der Waals surface area contributed by atoms with Gasteiger partial charge in [0, 0.05) is 30.8 Å². The number of rotatable bonds is 4. The highest BCUT2D eigenvalue weighted by Crippen LogP contribution is 2.49. The molecule has 1 unspecified atom stereocenters. The highest BCUT2D eigenvalue weighted by molar-refractivity contribution is 5.23. The van der Waals surface area contributed by atoms with Gasteiger partial charge in [-0.2, -0.15) is 5.10 Å². The molecule has 1 heterocycles. The third-order valence-electron chi connectivity index (χ3n) is 3.90. The minimum Gasteiger partial charge on any atom is -0.388 e. The van der Waals surface area contributed by atoms with E-state index in [2.05, 4.69) is 12.0 Å². The first kappa shape index (κ1) is 11.6. The molecule has 3 N–H and O–H groups in total. The summed E-state index contributed by atoms with van der Waals surface area (Å²) in [5.74, 6) is 0. The normalized spacial score (nSPS) is 20.5. The van der Waals surface area contributed by atoms with Crippen molar-refractivity contribution in [1.29, 1.82) is 0 Å². The summed E-state index contributed by atoms with van der Waals surface area (Å²) in [5.41, 5.74) is 7.69. The van der Waals surface area contributed by atoms with Gasteiger partial charge in [0.15, 0.2) is 0 Å². The first-order chi connectivity index (χ1) is 7.63. The summed E-state index contributed by atoms with van der Waals surface area (Å²) in [7, 11) is 1.89. The molecule has 0 radical (unpaired) electrons. The summed E-state index contributed by atoms with van der Waals surface area (Å²) in [6.07, 6.45) is 5.57. The molecule has 4 nitrogen and oxygen atoms in total. The Morgan fingerprint density at radius 2 is 2.31 bits per heavy atom. The molecule has 0 aromatic carbocycles. The van der Waals surface area contributed by atoms with Gasteiger partial charge in [-0.25, -0.2) is 0 Å². The molecule has 1 aromatic heterocycles. The number of nitrogens with two attached hydrogens (primary N) is 1. The fourth-order valence-electron chi connectivity index (χ4n) is 2.61. The van der Waals surface area contributed by atoms with Crippen molar-refractivity contribution in [1.82, 2.24) is 9.78 Å². The lowest BCUT2D eigenvalue weighted by Gasteiger charge is -2.44. The van der Waals surface area contributed by atoms with Crippen LogP contribution < -0.4 is 5.73 Å². The zero-order chi connectivity index (χ0) is 11.8. The highest BCUT2D eigenvalue weighted by Gasteiger charge is 2.44. The number of hydrogen-bond donors (Lipinski definition) is 2. The molecule has 0 spiro atoms. The Hall–Kier alpha value is -0.870. The summed E-state index contributed by atoms with van der Waals surface area (Å²) in [5, 5.41) is 14.9. The van der Waals surface area contributed by atoms with Crippen LogP contribution in [0, 0.1) is 5.41 Å². The average molecular weight is 223 g/mol. The maximum Gasteiger partial charge on any atom is 0.0891 e. The van der Waals surface area contributed by atoms with E-state index in [4.69, 9.17) is 5.73 Å². The van der Waals surface area contributed by atoms with Crippen LogP contribution in [-0.2, 0) is 13.5 Å². The van der Waals surface area contributed by atoms with Gasteiger partial charge in [0.05, 0.1) is 11.8 Å². The number of hydrogen-bond acceptors (Lipinski definition) is 3. The standard InChI is InChI=1S/C12H21N3O/c1-3-10-9(7-15(2)14-10)11(16)12(8-13)5-4-6-12/h7,11,16H,3-6,8,13H2,1-2H3. The predicted molar refractivity (Wildman–Crippen MR) is 62.9 cm³/mol. The molecular formula is C12H21N3O. The molecule has 0 aliphatic heterocycles. The lowest BCUT2D eigenvalue weighted by molar-refractivity contribution is -0.0301. The van der Waals surface area contributed by atoms with Crippen LogP contribution in [0.1, 0.15) is 43.5 Å². The number of aliphatic hydroxyl groups is 1. The molecule has 1 saturated carbocycles. The van der Waals surface area contributed by atoms with Gasteiger partial charge in [0.25, 0.3) is 0 Å². The van der Waals surface area contributed by atoms with Gasteiger partial charge in [-0.1, -0.05) is 13.3 Å². The van der Waals surface area contributed by atoms with Crippen molar-refractivity contribution in [2.24, 2.45) is 18.2 Å². The number of aliphatic hydroxyl groups excluding tert-OH is 1. The maximum atomic E-state index is 10.5. The minimum absolute atomic E-state index is 0.0903. The second-order valence-electron chi connectivity index (χ2n) is 4.88. The number of aryl methyl sites for hydroxylation is 2. The molecule has 1 aromatic rings. The lowest BCUT2D eigenvalue weighted by atomic mass is 9.63. The van der Waals surface area contributed by atoms with Crippen LogP contribution in [0.3, 0.4) is 0 Å². The molecule has 1 fully saturated rings. The van der Waals surface area contributed by atoms with E-state index in [9.17, 15) is 5.11 Å². The summed E-state index contributed by atoms with van der Waals surface area (Å²) < 4.78 is 1.78. The van der Waals surface area contributed by atoms with Crippen molar-refractivity contribution in [2.45, 2.75) is 38.7 Å². The molecule has 2 rings (SSSR count). The van der Waals surface area contributed by atoms with E-state index in [1.54, 1.807) is 4.68 Å². The van der Waals surface area contributed by atoms with Crippen molar-refractivity contribution >= 4 is 0 Å². The highest BCUT2D eigenvalue weighted by atomic mass is 16.3. The van der Waals surface area contributed by atoms with Crippen LogP contribution in [0.25, 0.3) is 0 Å². The predicted octanol–water partition coefficient (Wildman–Crippen LogP) is 1.14. The van der Waals surface area contributed by atoms with Crippen LogP contribution >= 0.6 is 0 Å². The van der Waals surface area contributed by atoms with Crippen molar-refractivity contribution in [2.75, 3.05) is 6.54 Å². The van der Waals surface area contributed by atoms with Crippen LogP contribution in [0.15, 0.2) is 6.20 Å². The van der Waals surface area contributed by atoms with Gasteiger partial charge in [0.1, 0.15) is 0 Å². The van der Waals surface area contributed by atoms with Crippen LogP contribution in [0.4, 0.5) is 0 Å². The fraction of sp³-hybridized carbons (Fsp3) is 0.750. The average Bonchev–Trinajstić information content (AvgIpc) is 2.58. The monoisotopic (exact) mass is 223 g/mol. The molecule has 0 bridgehead atoms. The number of aromatic nitrogens is 2. The molecule has 4 heteroatoms. The molecule has 0 amide bonds. The topological polar surface area (TPSA) is 64.1 Å². The van der Waals surface area contributed by atoms with E-state index in [0.29, 0.717) is 6.54 Å². The van der Waals surface area contributed by atoms with Crippen molar-refractivity contribution in [3.8, 4) is 0 Å². The van der Waals surface area contributed by atoms with Crippen molar-refractivity contribution in [3.63, 3.8) is 0 Å². The Bertz CT molecular complexity index is 363. The maximum absolute atomic E-state index is 10.5. The smallest absolute Gasteiger partial charge is 0.0891 e. The fourth-order valence-corrected chi connectivity index (χ4v) is 2.61. The van der Waals surface area contributed by atoms with Gasteiger partial charge < -0.3 is 10.8 Å². The van der Waals surface area contributed by atoms with Gasteiger partial charge >= 0.3 is 0 Å². The largest absolute Gasteiger partial charge is 0.388 e. The van der Waals surface area contributed by atoms with Crippen LogP contribution in [0.2, 0.25) is 0 Å². The van der Waals surface area contributed by atoms with Gasteiger partial charge in [0.2, 0.25) is 0 Å². The first-order valence-electron chi connectivity index (χ1n) is 6.03. The Kier molecular flexibility index (Phi) is 3.04. The summed E-state index contributed by atoms with van der Waals surface area (Å²) in [4.78, 5) is 0. The van der Waals surface area contributed by atoms with E-state index >= 15 is 0 Å². The van der Waals surface area contributed by atoms with E-state index in [0.717, 1.165) is 30.5 Å². The second-order valence-corrected chi connectivity index (χ2v) is 4.88. The quantitative estimate of drug-likeness (QED) is 0.804. The second kappa shape index (κ2) is 4.18. The van der Waals surface area contributed by atoms with Crippen LogP contribution in [-0.4, -0.2) is 21.4 Å². The lowest BCUT2D eigenvalue weighted by Crippen LogP contribution is -2.42. The zero-order valence-corrected chi connectivity index (χ0v) is 10.1. The van der Waals surface area contributed by atoms with Crippen molar-refractivity contribution < 1.29 is 5.11 Å². The molecule has 1 aliphatic rings. The van der Waals surface area contributed by atoms with Gasteiger partial charge in [-0.15, -0.1) is 0 Å². The van der Waals surface area contributed by atoms with E-state index < -0.39 is 6.10 Å². The summed E-state index contributed by atoms with van der Waals surface area (Å²) in [6, 6.07) is 0. The Labute approximate surface area is 96.5 Å². The van der Waals surface area contributed by atoms with E-state index in [1.165, 1.54) is 6.42 Å². The number of nitrogens with zero attached hydrogens (tertiary/aromatic N) is 2. The SMILES string of the molecule is CCc1nn(C)cc1C(O)C1(CN)CCC1. The Morgan fingerprint density at radius 1 is 1.62 bits per heavy atom. The Morgan fingerprint density at radius 3 is 2.75 bits per heavy atom. The van der Waals surface area contributed by atoms with Gasteiger partial charge in [-0.3, -0.25) is 4.68 Å². The summed E-state index contributed by atoms with van der Waals surface area (Å²) >= 11 is 0. The molecule has 0 saturated heterocycles. The molecule has 1 aliphatic carbocycles. The van der Waals surface area contributed by atoms with Crippen LogP contribution in [0.5, 0.6) is 0 Å². The minimum atomic E-state index is -0.449. The molecule has 1 atom stereocenters. The van der Waals surface area contributed by atoms with Gasteiger partial charge in [-0.05, 0) is 19.3 Å². The van der Waals surface area contributed by atoms with E-state index in [1.807, 2.05) is 13.2 Å². The van der Waals surface area contributed by atoms with E-state index in [-0.39, 0.29) is 5.41 Å². The third kappa shape index (κ3) is 1.66. The Balaban J connectivity index is 2.28. The molecule has 16 heavy (non-hydrogen) atoms. The zero-order valence-electron chi connectivity index (χ0n) is 10.1. The summed E-state index contributed by atoms with van der Waals surface area (Å²) in [6.45, 7) is 2.63. The molecule has 90 valence electrons.